The van der Waals surface area contributed by atoms with E-state index in [4.69, 9.17) is 9.47 Å². The number of ether oxygens (including phenoxy) is 2. The van der Waals surface area contributed by atoms with Gasteiger partial charge in [0.2, 0.25) is 0 Å². The number of hydrogen-bond donors (Lipinski definition) is 1. The Morgan fingerprint density at radius 3 is 2.14 bits per heavy atom. The third-order valence-electron chi connectivity index (χ3n) is 2.07. The van der Waals surface area contributed by atoms with Crippen LogP contribution in [0.1, 0.15) is 12.8 Å². The first kappa shape index (κ1) is 14.2. The predicted octanol–water partition coefficient (Wildman–Crippen LogP) is 1.29. The molecule has 0 aliphatic rings. The summed E-state index contributed by atoms with van der Waals surface area (Å²) in [4.78, 5) is 2.40. The molecular formula is C10H23NO2S. The lowest BCUT2D eigenvalue weighted by Gasteiger charge is -2.21. The van der Waals surface area contributed by atoms with Crippen LogP contribution in [0.4, 0.5) is 0 Å². The maximum absolute atomic E-state index is 5.07. The molecule has 86 valence electrons. The molecule has 3 nitrogen and oxygen atoms in total. The molecule has 0 aromatic heterocycles. The van der Waals surface area contributed by atoms with Gasteiger partial charge in [0.15, 0.2) is 0 Å². The van der Waals surface area contributed by atoms with Crippen molar-refractivity contribution in [2.24, 2.45) is 0 Å². The van der Waals surface area contributed by atoms with Crippen LogP contribution in [0, 0.1) is 0 Å². The van der Waals surface area contributed by atoms with Crippen LogP contribution in [0.2, 0.25) is 0 Å². The molecule has 0 fully saturated rings. The SMILES string of the molecule is COCCCN(CCCS)CCOC. The van der Waals surface area contributed by atoms with E-state index >= 15 is 0 Å². The minimum atomic E-state index is 0.805. The minimum Gasteiger partial charge on any atom is -0.385 e. The van der Waals surface area contributed by atoms with Crippen molar-refractivity contribution in [2.75, 3.05) is 52.8 Å². The van der Waals surface area contributed by atoms with Gasteiger partial charge in [-0.3, -0.25) is 0 Å². The van der Waals surface area contributed by atoms with E-state index in [1.807, 2.05) is 0 Å². The molecule has 0 bridgehead atoms. The van der Waals surface area contributed by atoms with Gasteiger partial charge in [-0.1, -0.05) is 0 Å². The van der Waals surface area contributed by atoms with Crippen molar-refractivity contribution in [1.82, 2.24) is 4.90 Å². The van der Waals surface area contributed by atoms with Crippen molar-refractivity contribution in [2.45, 2.75) is 12.8 Å². The Morgan fingerprint density at radius 2 is 1.57 bits per heavy atom. The Kier molecular flexibility index (Phi) is 11.5. The molecule has 0 rings (SSSR count). The van der Waals surface area contributed by atoms with Crippen LogP contribution in [0.15, 0.2) is 0 Å². The molecule has 0 atom stereocenters. The fraction of sp³-hybridized carbons (Fsp3) is 1.00. The van der Waals surface area contributed by atoms with E-state index < -0.39 is 0 Å². The van der Waals surface area contributed by atoms with Crippen LogP contribution >= 0.6 is 12.6 Å². The molecule has 4 heteroatoms. The molecule has 0 radical (unpaired) electrons. The van der Waals surface area contributed by atoms with Gasteiger partial charge >= 0.3 is 0 Å². The Labute approximate surface area is 93.2 Å². The Balaban J connectivity index is 3.49. The summed E-state index contributed by atoms with van der Waals surface area (Å²) >= 11 is 4.21. The monoisotopic (exact) mass is 221 g/mol. The van der Waals surface area contributed by atoms with Crippen LogP contribution in [-0.2, 0) is 9.47 Å². The maximum atomic E-state index is 5.07. The minimum absolute atomic E-state index is 0.805. The van der Waals surface area contributed by atoms with Crippen LogP contribution in [-0.4, -0.2) is 57.7 Å². The van der Waals surface area contributed by atoms with Crippen LogP contribution in [0.3, 0.4) is 0 Å². The van der Waals surface area contributed by atoms with Gasteiger partial charge in [-0.2, -0.15) is 12.6 Å². The highest BCUT2D eigenvalue weighted by Gasteiger charge is 2.03. The van der Waals surface area contributed by atoms with Gasteiger partial charge in [0.05, 0.1) is 6.61 Å². The maximum Gasteiger partial charge on any atom is 0.0589 e. The van der Waals surface area contributed by atoms with Gasteiger partial charge in [0, 0.05) is 33.9 Å². The van der Waals surface area contributed by atoms with Gasteiger partial charge in [0.1, 0.15) is 0 Å². The predicted molar refractivity (Wildman–Crippen MR) is 63.3 cm³/mol. The van der Waals surface area contributed by atoms with Crippen molar-refractivity contribution in [3.63, 3.8) is 0 Å². The van der Waals surface area contributed by atoms with Gasteiger partial charge in [-0.25, -0.2) is 0 Å². The summed E-state index contributed by atoms with van der Waals surface area (Å²) in [7, 11) is 3.49. The summed E-state index contributed by atoms with van der Waals surface area (Å²) < 4.78 is 10.1. The highest BCUT2D eigenvalue weighted by Crippen LogP contribution is 1.96. The average molecular weight is 221 g/mol. The van der Waals surface area contributed by atoms with Crippen LogP contribution in [0.25, 0.3) is 0 Å². The van der Waals surface area contributed by atoms with E-state index in [9.17, 15) is 0 Å². The number of methoxy groups -OCH3 is 2. The molecule has 0 saturated heterocycles. The summed E-state index contributed by atoms with van der Waals surface area (Å²) in [6.45, 7) is 4.85. The summed E-state index contributed by atoms with van der Waals surface area (Å²) in [5.74, 6) is 0.952. The molecule has 0 N–H and O–H groups in total. The van der Waals surface area contributed by atoms with E-state index in [2.05, 4.69) is 17.5 Å². The Morgan fingerprint density at radius 1 is 0.929 bits per heavy atom. The highest BCUT2D eigenvalue weighted by atomic mass is 32.1. The number of thiol groups is 1. The van der Waals surface area contributed by atoms with Crippen molar-refractivity contribution < 1.29 is 9.47 Å². The summed E-state index contributed by atoms with van der Waals surface area (Å²) in [6, 6.07) is 0. The zero-order valence-corrected chi connectivity index (χ0v) is 10.3. The zero-order valence-electron chi connectivity index (χ0n) is 9.37. The molecule has 0 aromatic carbocycles. The standard InChI is InChI=1S/C10H23NO2S/c1-12-8-3-5-11(6-4-10-14)7-9-13-2/h14H,3-10H2,1-2H3. The topological polar surface area (TPSA) is 21.7 Å². The molecule has 0 heterocycles. The van der Waals surface area contributed by atoms with Crippen molar-refractivity contribution in [3.8, 4) is 0 Å². The molecule has 0 aromatic rings. The highest BCUT2D eigenvalue weighted by molar-refractivity contribution is 7.80. The lowest BCUT2D eigenvalue weighted by molar-refractivity contribution is 0.133. The molecule has 0 unspecified atom stereocenters. The van der Waals surface area contributed by atoms with E-state index in [1.165, 1.54) is 0 Å². The third kappa shape index (κ3) is 8.81. The summed E-state index contributed by atoms with van der Waals surface area (Å²) in [5, 5.41) is 0. The van der Waals surface area contributed by atoms with E-state index in [0.29, 0.717) is 0 Å². The van der Waals surface area contributed by atoms with Gasteiger partial charge in [0.25, 0.3) is 0 Å². The quantitative estimate of drug-likeness (QED) is 0.444. The van der Waals surface area contributed by atoms with Gasteiger partial charge < -0.3 is 14.4 Å². The zero-order chi connectivity index (χ0) is 10.6. The first-order chi connectivity index (χ1) is 6.85. The van der Waals surface area contributed by atoms with E-state index in [1.54, 1.807) is 14.2 Å². The molecule has 0 amide bonds. The second-order valence-corrected chi connectivity index (χ2v) is 3.71. The average Bonchev–Trinajstić information content (AvgIpc) is 2.21. The molecule has 0 spiro atoms. The lowest BCUT2D eigenvalue weighted by atomic mass is 10.3. The van der Waals surface area contributed by atoms with Crippen LogP contribution < -0.4 is 0 Å². The third-order valence-corrected chi connectivity index (χ3v) is 2.38. The van der Waals surface area contributed by atoms with Crippen molar-refractivity contribution >= 4 is 12.6 Å². The first-order valence-electron chi connectivity index (χ1n) is 5.16. The second-order valence-electron chi connectivity index (χ2n) is 3.26. The molecular weight excluding hydrogens is 198 g/mol. The number of nitrogens with zero attached hydrogens (tertiary/aromatic N) is 1. The van der Waals surface area contributed by atoms with Crippen molar-refractivity contribution in [3.05, 3.63) is 0 Å². The molecule has 0 aliphatic heterocycles. The Bertz CT molecular complexity index is 106. The van der Waals surface area contributed by atoms with Crippen molar-refractivity contribution in [1.29, 1.82) is 0 Å². The lowest BCUT2D eigenvalue weighted by Crippen LogP contribution is -2.30. The smallest absolute Gasteiger partial charge is 0.0589 e. The van der Waals surface area contributed by atoms with E-state index in [-0.39, 0.29) is 0 Å². The second kappa shape index (κ2) is 11.3. The number of rotatable bonds is 10. The molecule has 0 aliphatic carbocycles. The molecule has 0 saturated carbocycles. The summed E-state index contributed by atoms with van der Waals surface area (Å²) in [6.07, 6.45) is 2.23. The Hall–Kier alpha value is 0.230. The van der Waals surface area contributed by atoms with Crippen LogP contribution in [0.5, 0.6) is 0 Å². The fourth-order valence-corrected chi connectivity index (χ4v) is 1.42. The number of hydrogen-bond acceptors (Lipinski definition) is 4. The normalized spacial score (nSPS) is 11.1. The van der Waals surface area contributed by atoms with Gasteiger partial charge in [-0.15, -0.1) is 0 Å². The summed E-state index contributed by atoms with van der Waals surface area (Å²) in [5.41, 5.74) is 0. The van der Waals surface area contributed by atoms with Gasteiger partial charge in [-0.05, 0) is 25.1 Å². The molecule has 14 heavy (non-hydrogen) atoms. The van der Waals surface area contributed by atoms with E-state index in [0.717, 1.165) is 51.4 Å². The fourth-order valence-electron chi connectivity index (χ4n) is 1.28. The largest absolute Gasteiger partial charge is 0.385 e. The first-order valence-corrected chi connectivity index (χ1v) is 5.79.